The summed E-state index contributed by atoms with van der Waals surface area (Å²) in [6.07, 6.45) is 1.43. The van der Waals surface area contributed by atoms with Gasteiger partial charge in [0.2, 0.25) is 0 Å². The number of carbonyl (C=O) groups is 2. The Balaban J connectivity index is 1.50. The number of nitrogens with zero attached hydrogens (tertiary/aromatic N) is 3. The van der Waals surface area contributed by atoms with Gasteiger partial charge in [0.15, 0.2) is 5.13 Å². The molecule has 3 atom stereocenters. The molecule has 0 aliphatic carbocycles. The Labute approximate surface area is 221 Å². The largest absolute Gasteiger partial charge is 0.383 e. The van der Waals surface area contributed by atoms with E-state index in [0.29, 0.717) is 49.6 Å². The Morgan fingerprint density at radius 3 is 2.81 bits per heavy atom. The third kappa shape index (κ3) is 6.84. The number of amides is 2. The summed E-state index contributed by atoms with van der Waals surface area (Å²) < 4.78 is 24.8. The van der Waals surface area contributed by atoms with Crippen molar-refractivity contribution in [3.8, 4) is 0 Å². The van der Waals surface area contributed by atoms with Gasteiger partial charge in [-0.3, -0.25) is 14.5 Å². The zero-order chi connectivity index (χ0) is 26.4. The van der Waals surface area contributed by atoms with Crippen LogP contribution in [0.15, 0.2) is 23.6 Å². The summed E-state index contributed by atoms with van der Waals surface area (Å²) in [6.45, 7) is 5.36. The minimum Gasteiger partial charge on any atom is -0.383 e. The van der Waals surface area contributed by atoms with Crippen molar-refractivity contribution in [3.63, 3.8) is 0 Å². The van der Waals surface area contributed by atoms with Crippen LogP contribution in [0, 0.1) is 0 Å². The van der Waals surface area contributed by atoms with E-state index in [1.54, 1.807) is 31.7 Å². The highest BCUT2D eigenvalue weighted by atomic mass is 32.1. The number of nitrogens with one attached hydrogen (secondary N) is 2. The normalized spacial score (nSPS) is 21.9. The van der Waals surface area contributed by atoms with Crippen molar-refractivity contribution in [2.24, 2.45) is 0 Å². The second-order valence-electron chi connectivity index (χ2n) is 9.57. The lowest BCUT2D eigenvalue weighted by Gasteiger charge is -2.24. The number of halogens is 1. The molecule has 9 nitrogen and oxygen atoms in total. The van der Waals surface area contributed by atoms with Crippen molar-refractivity contribution in [1.29, 1.82) is 0 Å². The zero-order valence-corrected chi connectivity index (χ0v) is 22.5. The number of aromatic nitrogens is 1. The molecule has 2 aliphatic rings. The molecule has 202 valence electrons. The summed E-state index contributed by atoms with van der Waals surface area (Å²) in [5.74, 6) is -0.638. The molecule has 0 radical (unpaired) electrons. The molecule has 0 unspecified atom stereocenters. The molecule has 0 saturated carbocycles. The molecule has 3 heterocycles. The lowest BCUT2D eigenvalue weighted by atomic mass is 10.1. The van der Waals surface area contributed by atoms with Crippen LogP contribution in [0.3, 0.4) is 0 Å². The monoisotopic (exact) mass is 533 g/mol. The van der Waals surface area contributed by atoms with Gasteiger partial charge in [-0.25, -0.2) is 9.37 Å². The van der Waals surface area contributed by atoms with E-state index in [1.807, 2.05) is 17.9 Å². The Kier molecular flexibility index (Phi) is 9.47. The van der Waals surface area contributed by atoms with E-state index in [1.165, 1.54) is 11.3 Å². The summed E-state index contributed by atoms with van der Waals surface area (Å²) in [7, 11) is 3.32. The zero-order valence-electron chi connectivity index (χ0n) is 21.7. The van der Waals surface area contributed by atoms with E-state index in [2.05, 4.69) is 20.5 Å². The highest BCUT2D eigenvalue weighted by molar-refractivity contribution is 7.14. The number of thiazole rings is 1. The maximum Gasteiger partial charge on any atom is 0.275 e. The van der Waals surface area contributed by atoms with Crippen molar-refractivity contribution in [3.05, 3.63) is 40.4 Å². The van der Waals surface area contributed by atoms with E-state index >= 15 is 0 Å². The van der Waals surface area contributed by atoms with Gasteiger partial charge in [0.1, 0.15) is 11.9 Å². The van der Waals surface area contributed by atoms with Gasteiger partial charge in [0.25, 0.3) is 11.8 Å². The number of ether oxygens (including phenoxy) is 2. The van der Waals surface area contributed by atoms with E-state index in [4.69, 9.17) is 9.47 Å². The number of likely N-dealkylation sites (tertiary alicyclic amines) is 1. The summed E-state index contributed by atoms with van der Waals surface area (Å²) in [6, 6.07) is 5.37. The first-order chi connectivity index (χ1) is 17.9. The average molecular weight is 534 g/mol. The Morgan fingerprint density at radius 2 is 2.08 bits per heavy atom. The summed E-state index contributed by atoms with van der Waals surface area (Å²) in [4.78, 5) is 34.7. The molecule has 2 saturated heterocycles. The van der Waals surface area contributed by atoms with Crippen molar-refractivity contribution in [2.75, 3.05) is 57.2 Å². The fourth-order valence-electron chi connectivity index (χ4n) is 4.83. The molecule has 2 N–H and O–H groups in total. The minimum absolute atomic E-state index is 0.00890. The standard InChI is InChI=1S/C26H36FN5O4S/c1-4-8-28-24(33)21-10-17(12-32-13-18(27)11-19(32)15-35-2)5-6-22(21)29-25(34)23-16-37-26(30-23)31-9-7-20(14-31)36-3/h5-6,10,16,18-20H,4,7-9,11-15H2,1-3H3,(H,28,33)(H,29,34)/t18-,19+,20-/m0/s1. The molecular formula is C26H36FN5O4S. The SMILES string of the molecule is CCCNC(=O)c1cc(CN2C[C@@H](F)C[C@@H]2COC)ccc1NC(=O)c1csc(N2CC[C@H](OC)C2)n1. The van der Waals surface area contributed by atoms with Crippen LogP contribution >= 0.6 is 11.3 Å². The molecule has 2 fully saturated rings. The predicted molar refractivity (Wildman–Crippen MR) is 142 cm³/mol. The Hall–Kier alpha value is -2.60. The quantitative estimate of drug-likeness (QED) is 0.458. The van der Waals surface area contributed by atoms with Gasteiger partial charge in [-0.15, -0.1) is 11.3 Å². The van der Waals surface area contributed by atoms with Crippen LogP contribution in [0.25, 0.3) is 0 Å². The first-order valence-electron chi connectivity index (χ1n) is 12.7. The Bertz CT molecular complexity index is 1080. The molecule has 2 aromatic rings. The highest BCUT2D eigenvalue weighted by Crippen LogP contribution is 2.28. The van der Waals surface area contributed by atoms with Gasteiger partial charge in [-0.2, -0.15) is 0 Å². The summed E-state index contributed by atoms with van der Waals surface area (Å²) in [5.41, 5.74) is 1.96. The fourth-order valence-corrected chi connectivity index (χ4v) is 5.67. The molecular weight excluding hydrogens is 497 g/mol. The minimum atomic E-state index is -0.894. The number of hydrogen-bond acceptors (Lipinski definition) is 8. The lowest BCUT2D eigenvalue weighted by molar-refractivity contribution is 0.0953. The lowest BCUT2D eigenvalue weighted by Crippen LogP contribution is -2.32. The molecule has 4 rings (SSSR count). The molecule has 2 aliphatic heterocycles. The summed E-state index contributed by atoms with van der Waals surface area (Å²) in [5, 5.41) is 8.28. The number of alkyl halides is 1. The van der Waals surface area contributed by atoms with Gasteiger partial charge in [0, 0.05) is 58.4 Å². The van der Waals surface area contributed by atoms with Gasteiger partial charge in [-0.1, -0.05) is 13.0 Å². The maximum absolute atomic E-state index is 14.1. The third-order valence-electron chi connectivity index (χ3n) is 6.81. The maximum atomic E-state index is 14.1. The number of rotatable bonds is 11. The van der Waals surface area contributed by atoms with Crippen molar-refractivity contribution >= 4 is 34.0 Å². The average Bonchev–Trinajstić information content (AvgIpc) is 3.63. The van der Waals surface area contributed by atoms with Crippen LogP contribution in [-0.4, -0.2) is 87.0 Å². The molecule has 0 spiro atoms. The highest BCUT2D eigenvalue weighted by Gasteiger charge is 2.32. The smallest absolute Gasteiger partial charge is 0.275 e. The van der Waals surface area contributed by atoms with Crippen LogP contribution in [-0.2, 0) is 16.0 Å². The van der Waals surface area contributed by atoms with E-state index in [0.717, 1.165) is 36.6 Å². The molecule has 11 heteroatoms. The van der Waals surface area contributed by atoms with Gasteiger partial charge >= 0.3 is 0 Å². The first kappa shape index (κ1) is 27.4. The Morgan fingerprint density at radius 1 is 1.24 bits per heavy atom. The molecule has 1 aromatic carbocycles. The van der Waals surface area contributed by atoms with Gasteiger partial charge in [-0.05, 0) is 37.0 Å². The first-order valence-corrected chi connectivity index (χ1v) is 13.6. The van der Waals surface area contributed by atoms with Crippen molar-refractivity contribution in [1.82, 2.24) is 15.2 Å². The van der Waals surface area contributed by atoms with Crippen LogP contribution in [0.4, 0.5) is 15.2 Å². The van der Waals surface area contributed by atoms with E-state index < -0.39 is 6.17 Å². The summed E-state index contributed by atoms with van der Waals surface area (Å²) >= 11 is 1.42. The topological polar surface area (TPSA) is 96.0 Å². The number of hydrogen-bond donors (Lipinski definition) is 2. The second kappa shape index (κ2) is 12.8. The number of anilines is 2. The molecule has 0 bridgehead atoms. The van der Waals surface area contributed by atoms with Crippen LogP contribution in [0.5, 0.6) is 0 Å². The number of benzene rings is 1. The van der Waals surface area contributed by atoms with Gasteiger partial charge in [0.05, 0.1) is 24.0 Å². The fraction of sp³-hybridized carbons (Fsp3) is 0.577. The van der Waals surface area contributed by atoms with E-state index in [9.17, 15) is 14.0 Å². The third-order valence-corrected chi connectivity index (χ3v) is 7.71. The molecule has 37 heavy (non-hydrogen) atoms. The van der Waals surface area contributed by atoms with E-state index in [-0.39, 0.29) is 24.0 Å². The molecule has 2 amide bonds. The van der Waals surface area contributed by atoms with Crippen LogP contribution in [0.2, 0.25) is 0 Å². The van der Waals surface area contributed by atoms with Gasteiger partial charge < -0.3 is 25.0 Å². The number of methoxy groups -OCH3 is 2. The van der Waals surface area contributed by atoms with Crippen LogP contribution < -0.4 is 15.5 Å². The van der Waals surface area contributed by atoms with Crippen molar-refractivity contribution < 1.29 is 23.5 Å². The van der Waals surface area contributed by atoms with Crippen molar-refractivity contribution in [2.45, 2.75) is 51.0 Å². The predicted octanol–water partition coefficient (Wildman–Crippen LogP) is 3.32. The molecule has 1 aromatic heterocycles. The number of carbonyl (C=O) groups excluding carboxylic acids is 2. The van der Waals surface area contributed by atoms with Crippen LogP contribution in [0.1, 0.15) is 52.6 Å². The second-order valence-corrected chi connectivity index (χ2v) is 10.4.